The molecule has 0 heterocycles. The van der Waals surface area contributed by atoms with Gasteiger partial charge in [0.05, 0.1) is 0 Å². The van der Waals surface area contributed by atoms with Gasteiger partial charge in [0.15, 0.2) is 0 Å². The first-order valence-corrected chi connectivity index (χ1v) is 8.27. The summed E-state index contributed by atoms with van der Waals surface area (Å²) >= 11 is 0. The van der Waals surface area contributed by atoms with E-state index in [1.807, 2.05) is 0 Å². The number of rotatable bonds is 14. The second kappa shape index (κ2) is 16.0. The summed E-state index contributed by atoms with van der Waals surface area (Å²) < 4.78 is 0. The van der Waals surface area contributed by atoms with Gasteiger partial charge in [-0.1, -0.05) is 63.3 Å². The number of carbonyl (C=O) groups excluding carboxylic acids is 1. The van der Waals surface area contributed by atoms with Crippen molar-refractivity contribution in [1.82, 2.24) is 0 Å². The summed E-state index contributed by atoms with van der Waals surface area (Å²) in [6, 6.07) is 0. The summed E-state index contributed by atoms with van der Waals surface area (Å²) in [5.41, 5.74) is 0. The van der Waals surface area contributed by atoms with E-state index in [9.17, 15) is 9.90 Å². The van der Waals surface area contributed by atoms with Crippen molar-refractivity contribution in [1.29, 1.82) is 0 Å². The molecule has 0 amide bonds. The first kappa shape index (κ1) is 18.9. The Labute approximate surface area is 125 Å². The molecule has 0 aliphatic heterocycles. The molecule has 20 heavy (non-hydrogen) atoms. The number of allylic oxidation sites excluding steroid dienone is 4. The molecule has 0 rings (SSSR count). The Kier molecular flexibility index (Phi) is 15.2. The van der Waals surface area contributed by atoms with Crippen molar-refractivity contribution in [2.75, 3.05) is 0 Å². The van der Waals surface area contributed by atoms with Gasteiger partial charge in [-0.3, -0.25) is 0 Å². The Hall–Kier alpha value is -1.05. The molecule has 0 atom stereocenters. The van der Waals surface area contributed by atoms with Gasteiger partial charge in [-0.15, -0.1) is 0 Å². The predicted molar refractivity (Wildman–Crippen MR) is 84.4 cm³/mol. The zero-order valence-corrected chi connectivity index (χ0v) is 13.1. The summed E-state index contributed by atoms with van der Waals surface area (Å²) in [5, 5.41) is 10.2. The van der Waals surface area contributed by atoms with Crippen molar-refractivity contribution in [2.24, 2.45) is 0 Å². The maximum atomic E-state index is 10.2. The molecule has 2 heteroatoms. The fraction of sp³-hybridized carbons (Fsp3) is 0.722. The fourth-order valence-electron chi connectivity index (χ4n) is 2.08. The van der Waals surface area contributed by atoms with Crippen LogP contribution >= 0.6 is 0 Å². The van der Waals surface area contributed by atoms with E-state index >= 15 is 0 Å². The van der Waals surface area contributed by atoms with Crippen molar-refractivity contribution in [3.8, 4) is 0 Å². The van der Waals surface area contributed by atoms with Crippen LogP contribution in [0.1, 0.15) is 84.0 Å². The summed E-state index contributed by atoms with van der Waals surface area (Å²) in [4.78, 5) is 10.2. The zero-order chi connectivity index (χ0) is 14.9. The highest BCUT2D eigenvalue weighted by atomic mass is 16.4. The lowest BCUT2D eigenvalue weighted by Crippen LogP contribution is -2.21. The predicted octanol–water partition coefficient (Wildman–Crippen LogP) is 4.55. The Balaban J connectivity index is 3.17. The third kappa shape index (κ3) is 16.9. The van der Waals surface area contributed by atoms with Crippen LogP contribution in [-0.4, -0.2) is 5.97 Å². The smallest absolute Gasteiger partial charge is 0.0414 e. The quantitative estimate of drug-likeness (QED) is 0.346. The van der Waals surface area contributed by atoms with Crippen molar-refractivity contribution in [2.45, 2.75) is 84.0 Å². The standard InChI is InChI=1S/C18H32O2/c1-2-3-4-5-6-7-8-9-10-11-12-13-14-15-16-17-18(19)20/h6-7,9-10H,2-5,8,11-17H2,1H3,(H,19,20)/p-1/b7-6-,10-9-. The van der Waals surface area contributed by atoms with E-state index in [1.54, 1.807) is 0 Å². The molecule has 0 fully saturated rings. The van der Waals surface area contributed by atoms with E-state index < -0.39 is 5.97 Å². The summed E-state index contributed by atoms with van der Waals surface area (Å²) in [5.74, 6) is -0.921. The van der Waals surface area contributed by atoms with Gasteiger partial charge >= 0.3 is 0 Å². The monoisotopic (exact) mass is 279 g/mol. The van der Waals surface area contributed by atoms with Crippen LogP contribution in [0.15, 0.2) is 24.3 Å². The van der Waals surface area contributed by atoms with Crippen molar-refractivity contribution in [3.63, 3.8) is 0 Å². The lowest BCUT2D eigenvalue weighted by atomic mass is 10.1. The van der Waals surface area contributed by atoms with Gasteiger partial charge in [-0.25, -0.2) is 0 Å². The topological polar surface area (TPSA) is 40.1 Å². The molecular formula is C18H31O2-. The molecule has 0 aromatic heterocycles. The molecule has 0 aromatic rings. The SMILES string of the molecule is CCCCC/C=C\C/C=C\CCCCCCCC(=O)[O-]. The van der Waals surface area contributed by atoms with Crippen LogP contribution in [0, 0.1) is 0 Å². The first-order chi connectivity index (χ1) is 9.77. The average Bonchev–Trinajstić information content (AvgIpc) is 2.43. The average molecular weight is 279 g/mol. The molecule has 0 aromatic carbocycles. The second-order valence-corrected chi connectivity index (χ2v) is 5.35. The van der Waals surface area contributed by atoms with Crippen LogP contribution < -0.4 is 5.11 Å². The van der Waals surface area contributed by atoms with Gasteiger partial charge in [0.1, 0.15) is 0 Å². The number of carboxylic acid groups (broad SMARTS) is 1. The first-order valence-electron chi connectivity index (χ1n) is 8.27. The highest BCUT2D eigenvalue weighted by Gasteiger charge is 1.90. The minimum absolute atomic E-state index is 0.213. The Morgan fingerprint density at radius 1 is 0.800 bits per heavy atom. The molecule has 0 N–H and O–H groups in total. The molecular weight excluding hydrogens is 248 g/mol. The molecule has 0 bridgehead atoms. The molecule has 116 valence electrons. The minimum Gasteiger partial charge on any atom is -0.550 e. The Morgan fingerprint density at radius 3 is 1.95 bits per heavy atom. The van der Waals surface area contributed by atoms with Crippen molar-refractivity contribution in [3.05, 3.63) is 24.3 Å². The molecule has 0 spiro atoms. The normalized spacial score (nSPS) is 11.7. The maximum absolute atomic E-state index is 10.2. The molecule has 0 unspecified atom stereocenters. The van der Waals surface area contributed by atoms with Gasteiger partial charge in [0.2, 0.25) is 0 Å². The third-order valence-electron chi connectivity index (χ3n) is 3.33. The van der Waals surface area contributed by atoms with Crippen molar-refractivity contribution < 1.29 is 9.90 Å². The fourth-order valence-corrected chi connectivity index (χ4v) is 2.08. The van der Waals surface area contributed by atoms with Gasteiger partial charge in [-0.05, 0) is 44.9 Å². The minimum atomic E-state index is -0.921. The number of hydrogen-bond acceptors (Lipinski definition) is 2. The zero-order valence-electron chi connectivity index (χ0n) is 13.1. The van der Waals surface area contributed by atoms with Gasteiger partial charge in [0.25, 0.3) is 0 Å². The van der Waals surface area contributed by atoms with Gasteiger partial charge < -0.3 is 9.90 Å². The summed E-state index contributed by atoms with van der Waals surface area (Å²) in [6.07, 6.45) is 21.9. The highest BCUT2D eigenvalue weighted by molar-refractivity contribution is 5.63. The van der Waals surface area contributed by atoms with Crippen LogP contribution in [0.25, 0.3) is 0 Å². The van der Waals surface area contributed by atoms with Gasteiger partial charge in [0, 0.05) is 5.97 Å². The van der Waals surface area contributed by atoms with Crippen molar-refractivity contribution >= 4 is 5.97 Å². The van der Waals surface area contributed by atoms with E-state index in [2.05, 4.69) is 31.2 Å². The van der Waals surface area contributed by atoms with E-state index in [1.165, 1.54) is 38.5 Å². The number of carboxylic acids is 1. The summed E-state index contributed by atoms with van der Waals surface area (Å²) in [6.45, 7) is 2.23. The molecule has 2 nitrogen and oxygen atoms in total. The Bertz CT molecular complexity index is 267. The van der Waals surface area contributed by atoms with Gasteiger partial charge in [-0.2, -0.15) is 0 Å². The largest absolute Gasteiger partial charge is 0.550 e. The molecule has 0 saturated carbocycles. The third-order valence-corrected chi connectivity index (χ3v) is 3.33. The lowest BCUT2D eigenvalue weighted by molar-refractivity contribution is -0.305. The van der Waals surface area contributed by atoms with Crippen LogP contribution in [-0.2, 0) is 4.79 Å². The van der Waals surface area contributed by atoms with Crippen LogP contribution in [0.2, 0.25) is 0 Å². The van der Waals surface area contributed by atoms with E-state index in [4.69, 9.17) is 0 Å². The van der Waals surface area contributed by atoms with Crippen LogP contribution in [0.4, 0.5) is 0 Å². The Morgan fingerprint density at radius 2 is 1.35 bits per heavy atom. The molecule has 0 saturated heterocycles. The number of aliphatic carboxylic acids is 1. The lowest BCUT2D eigenvalue weighted by Gasteiger charge is -2.01. The number of carbonyl (C=O) groups is 1. The number of unbranched alkanes of at least 4 members (excludes halogenated alkanes) is 8. The molecule has 0 radical (unpaired) electrons. The van der Waals surface area contributed by atoms with Crippen LogP contribution in [0.5, 0.6) is 0 Å². The maximum Gasteiger partial charge on any atom is 0.0414 e. The van der Waals surface area contributed by atoms with Crippen LogP contribution in [0.3, 0.4) is 0 Å². The second-order valence-electron chi connectivity index (χ2n) is 5.35. The molecule has 0 aliphatic carbocycles. The molecule has 0 aliphatic rings. The number of hydrogen-bond donors (Lipinski definition) is 0. The highest BCUT2D eigenvalue weighted by Crippen LogP contribution is 2.07. The summed E-state index contributed by atoms with van der Waals surface area (Å²) in [7, 11) is 0. The van der Waals surface area contributed by atoms with E-state index in [0.717, 1.165) is 32.1 Å². The van der Waals surface area contributed by atoms with E-state index in [-0.39, 0.29) is 6.42 Å². The van der Waals surface area contributed by atoms with E-state index in [0.29, 0.717) is 0 Å².